The molecular weight excluding hydrogens is 257 g/mol. The molecular formula is C15H18FN3O. The number of carbonyl (C=O) groups is 1. The van der Waals surface area contributed by atoms with E-state index < -0.39 is 0 Å². The number of amides is 1. The molecule has 106 valence electrons. The summed E-state index contributed by atoms with van der Waals surface area (Å²) in [5.74, 6) is -0.395. The molecule has 0 spiro atoms. The quantitative estimate of drug-likeness (QED) is 0.911. The Morgan fingerprint density at radius 1 is 1.60 bits per heavy atom. The van der Waals surface area contributed by atoms with Crippen LogP contribution in [0.15, 0.2) is 18.2 Å². The zero-order valence-corrected chi connectivity index (χ0v) is 11.5. The first-order chi connectivity index (χ1) is 9.60. The lowest BCUT2D eigenvalue weighted by molar-refractivity contribution is -0.130. The highest BCUT2D eigenvalue weighted by Gasteiger charge is 2.20. The lowest BCUT2D eigenvalue weighted by atomic mass is 10.1. The Balaban J connectivity index is 1.98. The van der Waals surface area contributed by atoms with Gasteiger partial charge in [0.1, 0.15) is 5.82 Å². The van der Waals surface area contributed by atoms with Crippen molar-refractivity contribution in [2.24, 2.45) is 0 Å². The molecule has 0 radical (unpaired) electrons. The first-order valence-corrected chi connectivity index (χ1v) is 6.76. The number of nitrogens with zero attached hydrogens (tertiary/aromatic N) is 2. The van der Waals surface area contributed by atoms with Crippen LogP contribution in [0.3, 0.4) is 0 Å². The predicted molar refractivity (Wildman–Crippen MR) is 73.2 cm³/mol. The maximum absolute atomic E-state index is 13.7. The molecule has 1 heterocycles. The molecule has 1 saturated heterocycles. The Labute approximate surface area is 118 Å². The van der Waals surface area contributed by atoms with Crippen LogP contribution >= 0.6 is 0 Å². The summed E-state index contributed by atoms with van der Waals surface area (Å²) < 4.78 is 13.7. The SMILES string of the molecule is CN(Cc1cc(C#N)ccc1F)C(=O)CC1CCCN1. The smallest absolute Gasteiger partial charge is 0.224 e. The Morgan fingerprint density at radius 3 is 3.05 bits per heavy atom. The molecule has 1 amide bonds. The fourth-order valence-corrected chi connectivity index (χ4v) is 2.41. The van der Waals surface area contributed by atoms with Crippen molar-refractivity contribution in [3.05, 3.63) is 35.1 Å². The fourth-order valence-electron chi connectivity index (χ4n) is 2.41. The number of rotatable bonds is 4. The molecule has 1 fully saturated rings. The van der Waals surface area contributed by atoms with Crippen molar-refractivity contribution in [1.82, 2.24) is 10.2 Å². The van der Waals surface area contributed by atoms with Crippen molar-refractivity contribution in [3.63, 3.8) is 0 Å². The maximum atomic E-state index is 13.7. The second-order valence-corrected chi connectivity index (χ2v) is 5.17. The van der Waals surface area contributed by atoms with Gasteiger partial charge in [-0.3, -0.25) is 4.79 Å². The second kappa shape index (κ2) is 6.49. The van der Waals surface area contributed by atoms with Crippen molar-refractivity contribution >= 4 is 5.91 Å². The van der Waals surface area contributed by atoms with Gasteiger partial charge in [0.2, 0.25) is 5.91 Å². The maximum Gasteiger partial charge on any atom is 0.224 e. The summed E-state index contributed by atoms with van der Waals surface area (Å²) in [4.78, 5) is 13.6. The highest BCUT2D eigenvalue weighted by Crippen LogP contribution is 2.14. The van der Waals surface area contributed by atoms with Gasteiger partial charge in [0.05, 0.1) is 11.6 Å². The number of benzene rings is 1. The van der Waals surface area contributed by atoms with Crippen LogP contribution in [0.4, 0.5) is 4.39 Å². The van der Waals surface area contributed by atoms with Crippen molar-refractivity contribution in [3.8, 4) is 6.07 Å². The van der Waals surface area contributed by atoms with Crippen LogP contribution in [0.1, 0.15) is 30.4 Å². The Kier molecular flexibility index (Phi) is 4.70. The molecule has 1 aliphatic rings. The molecule has 1 aromatic carbocycles. The highest BCUT2D eigenvalue weighted by atomic mass is 19.1. The largest absolute Gasteiger partial charge is 0.341 e. The number of halogens is 1. The normalized spacial score (nSPS) is 17.8. The first kappa shape index (κ1) is 14.5. The third-order valence-corrected chi connectivity index (χ3v) is 3.59. The van der Waals surface area contributed by atoms with Gasteiger partial charge in [-0.05, 0) is 37.6 Å². The molecule has 20 heavy (non-hydrogen) atoms. The van der Waals surface area contributed by atoms with Gasteiger partial charge in [0.25, 0.3) is 0 Å². The van der Waals surface area contributed by atoms with E-state index in [1.54, 1.807) is 7.05 Å². The third kappa shape index (κ3) is 3.55. The van der Waals surface area contributed by atoms with Gasteiger partial charge in [-0.2, -0.15) is 5.26 Å². The van der Waals surface area contributed by atoms with E-state index in [-0.39, 0.29) is 24.3 Å². The van der Waals surface area contributed by atoms with Gasteiger partial charge >= 0.3 is 0 Å². The predicted octanol–water partition coefficient (Wildman–Crippen LogP) is 1.80. The van der Waals surface area contributed by atoms with E-state index in [2.05, 4.69) is 5.32 Å². The average Bonchev–Trinajstić information content (AvgIpc) is 2.94. The van der Waals surface area contributed by atoms with Crippen LogP contribution in [0.2, 0.25) is 0 Å². The zero-order chi connectivity index (χ0) is 14.5. The van der Waals surface area contributed by atoms with Gasteiger partial charge in [-0.1, -0.05) is 0 Å². The summed E-state index contributed by atoms with van der Waals surface area (Å²) in [7, 11) is 1.66. The molecule has 1 aliphatic heterocycles. The minimum atomic E-state index is -0.386. The first-order valence-electron chi connectivity index (χ1n) is 6.76. The molecule has 5 heteroatoms. The molecule has 1 unspecified atom stereocenters. The summed E-state index contributed by atoms with van der Waals surface area (Å²) in [5.41, 5.74) is 0.777. The van der Waals surface area contributed by atoms with Crippen LogP contribution in [-0.4, -0.2) is 30.4 Å². The summed E-state index contributed by atoms with van der Waals surface area (Å²) >= 11 is 0. The van der Waals surface area contributed by atoms with Gasteiger partial charge in [0.15, 0.2) is 0 Å². The minimum absolute atomic E-state index is 0.00818. The average molecular weight is 275 g/mol. The Hall–Kier alpha value is -1.93. The van der Waals surface area contributed by atoms with E-state index in [4.69, 9.17) is 5.26 Å². The van der Waals surface area contributed by atoms with E-state index in [1.807, 2.05) is 6.07 Å². The molecule has 0 saturated carbocycles. The van der Waals surface area contributed by atoms with E-state index >= 15 is 0 Å². The molecule has 1 aromatic rings. The van der Waals surface area contributed by atoms with Crippen molar-refractivity contribution in [2.45, 2.75) is 31.8 Å². The van der Waals surface area contributed by atoms with Crippen LogP contribution < -0.4 is 5.32 Å². The molecule has 0 aromatic heterocycles. The van der Waals surface area contributed by atoms with Crippen molar-refractivity contribution < 1.29 is 9.18 Å². The van der Waals surface area contributed by atoms with Crippen LogP contribution in [0.25, 0.3) is 0 Å². The topological polar surface area (TPSA) is 56.1 Å². The van der Waals surface area contributed by atoms with Gasteiger partial charge in [0, 0.05) is 31.6 Å². The van der Waals surface area contributed by atoms with E-state index in [0.717, 1.165) is 19.4 Å². The van der Waals surface area contributed by atoms with Crippen molar-refractivity contribution in [1.29, 1.82) is 5.26 Å². The molecule has 1 atom stereocenters. The number of hydrogen-bond acceptors (Lipinski definition) is 3. The number of nitriles is 1. The van der Waals surface area contributed by atoms with Gasteiger partial charge < -0.3 is 10.2 Å². The van der Waals surface area contributed by atoms with Crippen LogP contribution in [-0.2, 0) is 11.3 Å². The highest BCUT2D eigenvalue weighted by molar-refractivity contribution is 5.76. The number of hydrogen-bond donors (Lipinski definition) is 1. The molecule has 1 N–H and O–H groups in total. The van der Waals surface area contributed by atoms with Crippen molar-refractivity contribution in [2.75, 3.05) is 13.6 Å². The second-order valence-electron chi connectivity index (χ2n) is 5.17. The molecule has 4 nitrogen and oxygen atoms in total. The summed E-state index contributed by atoms with van der Waals surface area (Å²) in [6.07, 6.45) is 2.55. The van der Waals surface area contributed by atoms with E-state index in [1.165, 1.54) is 23.1 Å². The van der Waals surface area contributed by atoms with Gasteiger partial charge in [-0.15, -0.1) is 0 Å². The summed E-state index contributed by atoms with van der Waals surface area (Å²) in [6, 6.07) is 6.41. The molecule has 0 bridgehead atoms. The zero-order valence-electron chi connectivity index (χ0n) is 11.5. The summed E-state index contributed by atoms with van der Waals surface area (Å²) in [6.45, 7) is 1.15. The Bertz CT molecular complexity index is 532. The van der Waals surface area contributed by atoms with E-state index in [9.17, 15) is 9.18 Å². The fraction of sp³-hybridized carbons (Fsp3) is 0.467. The molecule has 0 aliphatic carbocycles. The Morgan fingerprint density at radius 2 is 2.40 bits per heavy atom. The lowest BCUT2D eigenvalue weighted by Crippen LogP contribution is -2.33. The van der Waals surface area contributed by atoms with E-state index in [0.29, 0.717) is 17.5 Å². The monoisotopic (exact) mass is 275 g/mol. The summed E-state index contributed by atoms with van der Waals surface area (Å²) in [5, 5.41) is 12.1. The molecule has 2 rings (SSSR count). The number of nitrogens with one attached hydrogen (secondary N) is 1. The van der Waals surface area contributed by atoms with Crippen LogP contribution in [0, 0.1) is 17.1 Å². The lowest BCUT2D eigenvalue weighted by Gasteiger charge is -2.20. The standard InChI is InChI=1S/C15H18FN3O/c1-19(15(20)8-13-3-2-6-18-13)10-12-7-11(9-17)4-5-14(12)16/h4-5,7,13,18H,2-3,6,8,10H2,1H3. The third-order valence-electron chi connectivity index (χ3n) is 3.59. The van der Waals surface area contributed by atoms with Crippen LogP contribution in [0.5, 0.6) is 0 Å². The van der Waals surface area contributed by atoms with Gasteiger partial charge in [-0.25, -0.2) is 4.39 Å². The minimum Gasteiger partial charge on any atom is -0.341 e. The number of carbonyl (C=O) groups excluding carboxylic acids is 1.